The summed E-state index contributed by atoms with van der Waals surface area (Å²) in [7, 11) is 0. The molecule has 0 aromatic heterocycles. The quantitative estimate of drug-likeness (QED) is 0.650. The lowest BCUT2D eigenvalue weighted by atomic mass is 9.99. The molecule has 0 saturated heterocycles. The Morgan fingerprint density at radius 2 is 1.80 bits per heavy atom. The van der Waals surface area contributed by atoms with Gasteiger partial charge >= 0.3 is 0 Å². The van der Waals surface area contributed by atoms with E-state index in [-0.39, 0.29) is 11.9 Å². The molecule has 104 valence electrons. The summed E-state index contributed by atoms with van der Waals surface area (Å²) in [4.78, 5) is 0. The molecule has 1 aliphatic carbocycles. The third-order valence-electron chi connectivity index (χ3n) is 3.37. The molecular formula is C16H17FN2O. The van der Waals surface area contributed by atoms with E-state index in [1.165, 1.54) is 12.1 Å². The minimum absolute atomic E-state index is 0.256. The summed E-state index contributed by atoms with van der Waals surface area (Å²) in [5.74, 6) is 6.20. The molecule has 0 bridgehead atoms. The van der Waals surface area contributed by atoms with Crippen molar-refractivity contribution in [2.75, 3.05) is 0 Å². The van der Waals surface area contributed by atoms with Crippen molar-refractivity contribution in [3.8, 4) is 5.75 Å². The van der Waals surface area contributed by atoms with E-state index in [0.717, 1.165) is 29.7 Å². The summed E-state index contributed by atoms with van der Waals surface area (Å²) in [6, 6.07) is 13.9. The first kappa shape index (κ1) is 13.1. The van der Waals surface area contributed by atoms with Gasteiger partial charge in [-0.1, -0.05) is 24.3 Å². The van der Waals surface area contributed by atoms with Crippen molar-refractivity contribution in [3.63, 3.8) is 0 Å². The number of hydrogen-bond donors (Lipinski definition) is 2. The third-order valence-corrected chi connectivity index (χ3v) is 3.37. The van der Waals surface area contributed by atoms with Crippen LogP contribution in [0.3, 0.4) is 0 Å². The Kier molecular flexibility index (Phi) is 3.67. The molecule has 20 heavy (non-hydrogen) atoms. The monoisotopic (exact) mass is 272 g/mol. The highest BCUT2D eigenvalue weighted by atomic mass is 19.1. The van der Waals surface area contributed by atoms with E-state index < -0.39 is 0 Å². The van der Waals surface area contributed by atoms with Crippen LogP contribution in [-0.4, -0.2) is 6.10 Å². The maximum Gasteiger partial charge on any atom is 0.123 e. The lowest BCUT2D eigenvalue weighted by molar-refractivity contribution is 0.302. The van der Waals surface area contributed by atoms with Crippen molar-refractivity contribution in [1.82, 2.24) is 5.43 Å². The lowest BCUT2D eigenvalue weighted by Crippen LogP contribution is -2.28. The number of hydrazine groups is 1. The number of rotatable bonds is 5. The Balaban J connectivity index is 1.88. The topological polar surface area (TPSA) is 47.3 Å². The summed E-state index contributed by atoms with van der Waals surface area (Å²) in [6.45, 7) is 0. The van der Waals surface area contributed by atoms with Crippen LogP contribution < -0.4 is 16.0 Å². The average Bonchev–Trinajstić information content (AvgIpc) is 3.24. The van der Waals surface area contributed by atoms with Crippen LogP contribution in [0.4, 0.5) is 4.39 Å². The van der Waals surface area contributed by atoms with Crippen LogP contribution in [-0.2, 0) is 0 Å². The van der Waals surface area contributed by atoms with E-state index in [0.29, 0.717) is 6.10 Å². The molecule has 1 saturated carbocycles. The Morgan fingerprint density at radius 1 is 1.10 bits per heavy atom. The minimum atomic E-state index is -0.270. The second kappa shape index (κ2) is 5.61. The third kappa shape index (κ3) is 2.98. The molecule has 1 unspecified atom stereocenters. The Hall–Kier alpha value is -1.91. The van der Waals surface area contributed by atoms with Gasteiger partial charge in [0.1, 0.15) is 11.6 Å². The van der Waals surface area contributed by atoms with Gasteiger partial charge in [-0.2, -0.15) is 0 Å². The van der Waals surface area contributed by atoms with E-state index in [2.05, 4.69) is 5.43 Å². The summed E-state index contributed by atoms with van der Waals surface area (Å²) >= 11 is 0. The Morgan fingerprint density at radius 3 is 2.45 bits per heavy atom. The SMILES string of the molecule is NNC(c1cccc(F)c1)c1cccc(OC2CC2)c1. The molecule has 1 fully saturated rings. The molecule has 3 nitrogen and oxygen atoms in total. The molecule has 2 aromatic carbocycles. The highest BCUT2D eigenvalue weighted by Crippen LogP contribution is 2.29. The Labute approximate surface area is 117 Å². The predicted molar refractivity (Wildman–Crippen MR) is 75.7 cm³/mol. The van der Waals surface area contributed by atoms with Crippen molar-refractivity contribution in [2.24, 2.45) is 5.84 Å². The average molecular weight is 272 g/mol. The normalized spacial score (nSPS) is 15.9. The van der Waals surface area contributed by atoms with E-state index in [9.17, 15) is 4.39 Å². The largest absolute Gasteiger partial charge is 0.490 e. The van der Waals surface area contributed by atoms with Crippen molar-refractivity contribution >= 4 is 0 Å². The van der Waals surface area contributed by atoms with E-state index in [1.54, 1.807) is 6.07 Å². The zero-order valence-corrected chi connectivity index (χ0v) is 11.1. The number of nitrogens with one attached hydrogen (secondary N) is 1. The summed E-state index contributed by atoms with van der Waals surface area (Å²) < 4.78 is 19.1. The fourth-order valence-corrected chi connectivity index (χ4v) is 2.22. The number of benzene rings is 2. The highest BCUT2D eigenvalue weighted by Gasteiger charge is 2.23. The first-order chi connectivity index (χ1) is 9.76. The van der Waals surface area contributed by atoms with Crippen molar-refractivity contribution in [1.29, 1.82) is 0 Å². The molecule has 2 aromatic rings. The summed E-state index contributed by atoms with van der Waals surface area (Å²) in [5.41, 5.74) is 4.48. The maximum atomic E-state index is 13.3. The van der Waals surface area contributed by atoms with Crippen molar-refractivity contribution in [3.05, 3.63) is 65.5 Å². The molecule has 3 N–H and O–H groups in total. The molecular weight excluding hydrogens is 255 g/mol. The molecule has 1 aliphatic rings. The molecule has 3 rings (SSSR count). The summed E-state index contributed by atoms with van der Waals surface area (Å²) in [6.07, 6.45) is 2.59. The molecule has 0 amide bonds. The van der Waals surface area contributed by atoms with Gasteiger partial charge in [0, 0.05) is 0 Å². The smallest absolute Gasteiger partial charge is 0.123 e. The van der Waals surface area contributed by atoms with Gasteiger partial charge in [-0.25, -0.2) is 9.82 Å². The zero-order chi connectivity index (χ0) is 13.9. The second-order valence-corrected chi connectivity index (χ2v) is 5.04. The van der Waals surface area contributed by atoms with Gasteiger partial charge in [-0.15, -0.1) is 0 Å². The molecule has 0 aliphatic heterocycles. The van der Waals surface area contributed by atoms with Crippen LogP contribution >= 0.6 is 0 Å². The molecule has 1 atom stereocenters. The Bertz CT molecular complexity index is 599. The van der Waals surface area contributed by atoms with Gasteiger partial charge in [0.2, 0.25) is 0 Å². The molecule has 0 radical (unpaired) electrons. The number of halogens is 1. The predicted octanol–water partition coefficient (Wildman–Crippen LogP) is 2.92. The minimum Gasteiger partial charge on any atom is -0.490 e. The highest BCUT2D eigenvalue weighted by molar-refractivity contribution is 5.37. The van der Waals surface area contributed by atoms with Crippen molar-refractivity contribution < 1.29 is 9.13 Å². The summed E-state index contributed by atoms with van der Waals surface area (Å²) in [5, 5.41) is 0. The maximum absolute atomic E-state index is 13.3. The van der Waals surface area contributed by atoms with Crippen LogP contribution in [0.2, 0.25) is 0 Å². The first-order valence-corrected chi connectivity index (χ1v) is 6.74. The molecule has 4 heteroatoms. The number of hydrogen-bond acceptors (Lipinski definition) is 3. The van der Waals surface area contributed by atoms with Gasteiger partial charge in [0.25, 0.3) is 0 Å². The van der Waals surface area contributed by atoms with Gasteiger partial charge < -0.3 is 4.74 Å². The number of nitrogens with two attached hydrogens (primary N) is 1. The van der Waals surface area contributed by atoms with E-state index >= 15 is 0 Å². The van der Waals surface area contributed by atoms with Gasteiger partial charge in [-0.05, 0) is 48.2 Å². The fraction of sp³-hybridized carbons (Fsp3) is 0.250. The zero-order valence-electron chi connectivity index (χ0n) is 11.1. The van der Waals surface area contributed by atoms with E-state index in [1.807, 2.05) is 30.3 Å². The van der Waals surface area contributed by atoms with Crippen LogP contribution in [0.1, 0.15) is 30.0 Å². The van der Waals surface area contributed by atoms with Gasteiger partial charge in [0.15, 0.2) is 0 Å². The fourth-order valence-electron chi connectivity index (χ4n) is 2.22. The molecule has 0 spiro atoms. The van der Waals surface area contributed by atoms with E-state index in [4.69, 9.17) is 10.6 Å². The van der Waals surface area contributed by atoms with Crippen LogP contribution in [0.5, 0.6) is 5.75 Å². The second-order valence-electron chi connectivity index (χ2n) is 5.04. The lowest BCUT2D eigenvalue weighted by Gasteiger charge is -2.18. The van der Waals surface area contributed by atoms with Gasteiger partial charge in [0.05, 0.1) is 12.1 Å². The van der Waals surface area contributed by atoms with Crippen molar-refractivity contribution in [2.45, 2.75) is 25.0 Å². The van der Waals surface area contributed by atoms with Gasteiger partial charge in [-0.3, -0.25) is 5.84 Å². The number of ether oxygens (including phenoxy) is 1. The standard InChI is InChI=1S/C16H17FN2O/c17-13-5-1-3-11(9-13)16(19-18)12-4-2-6-15(10-12)20-14-7-8-14/h1-6,9-10,14,16,19H,7-8,18H2. The molecule has 0 heterocycles. The first-order valence-electron chi connectivity index (χ1n) is 6.74. The van der Waals surface area contributed by atoms with Crippen LogP contribution in [0, 0.1) is 5.82 Å². The van der Waals surface area contributed by atoms with Crippen LogP contribution in [0.25, 0.3) is 0 Å². The van der Waals surface area contributed by atoms with Crippen LogP contribution in [0.15, 0.2) is 48.5 Å².